The summed E-state index contributed by atoms with van der Waals surface area (Å²) in [5, 5.41) is 147. The minimum Gasteiger partial charge on any atom is -0.411 e. The van der Waals surface area contributed by atoms with E-state index in [0.717, 1.165) is 77.0 Å². The molecule has 0 aromatic rings. The zero-order valence-electron chi connectivity index (χ0n) is 54.5. The van der Waals surface area contributed by atoms with Gasteiger partial charge in [0.25, 0.3) is 0 Å². The zero-order valence-corrected chi connectivity index (χ0v) is 63.6. The van der Waals surface area contributed by atoms with Crippen LogP contribution in [-0.2, 0) is 128 Å². The van der Waals surface area contributed by atoms with Crippen molar-refractivity contribution in [3.8, 4) is 0 Å². The van der Waals surface area contributed by atoms with E-state index >= 15 is 0 Å². The molecule has 0 aromatic carbocycles. The molecule has 531 valence electrons. The first kappa shape index (κ1) is 85.9. The van der Waals surface area contributed by atoms with Crippen LogP contribution in [-0.4, -0.2) is 131 Å². The Bertz CT molecular complexity index is 2550. The molecule has 12 unspecified atom stereocenters. The van der Waals surface area contributed by atoms with Crippen LogP contribution in [0.15, 0.2) is 61.9 Å². The van der Waals surface area contributed by atoms with Gasteiger partial charge in [0.05, 0.1) is 0 Å². The molecule has 12 aliphatic carbocycles. The van der Waals surface area contributed by atoms with E-state index in [2.05, 4.69) is 186 Å². The van der Waals surface area contributed by atoms with Crippen molar-refractivity contribution in [2.75, 3.05) is 0 Å². The van der Waals surface area contributed by atoms with Gasteiger partial charge in [0.2, 0.25) is 0 Å². The van der Waals surface area contributed by atoms with E-state index in [1.165, 1.54) is 0 Å². The third-order valence-corrected chi connectivity index (χ3v) is 27.2. The Morgan fingerprint density at radius 1 is 0.211 bits per heavy atom. The predicted octanol–water partition coefficient (Wildman–Crippen LogP) is 12.6. The fraction of sp³-hybridized carbons (Fsp3) is 0.800. The molecule has 12 atom stereocenters. The van der Waals surface area contributed by atoms with Gasteiger partial charge in [0.15, 0.2) is 0 Å². The van der Waals surface area contributed by atoms with Crippen molar-refractivity contribution < 1.29 is 191 Å². The maximum absolute atomic E-state index is 8.98. The van der Waals surface area contributed by atoms with Crippen LogP contribution in [0.1, 0.15) is 202 Å². The van der Waals surface area contributed by atoms with E-state index in [4.69, 9.17) is 62.5 Å². The molecule has 12 rings (SSSR count). The van der Waals surface area contributed by atoms with Crippen molar-refractivity contribution in [1.29, 1.82) is 0 Å². The van der Waals surface area contributed by atoms with Gasteiger partial charge in [0, 0.05) is 196 Å². The van der Waals surface area contributed by atoms with Crippen LogP contribution >= 0.6 is 0 Å². The van der Waals surface area contributed by atoms with Gasteiger partial charge < -0.3 is 62.5 Å². The molecule has 12 aliphatic rings. The minimum atomic E-state index is -0.145. The normalized spacial score (nSPS) is 42.2. The van der Waals surface area contributed by atoms with Crippen molar-refractivity contribution >= 4 is 68.5 Å². The summed E-state index contributed by atoms with van der Waals surface area (Å²) >= 11 is 0. The molecule has 0 spiro atoms. The average Bonchev–Trinajstić information content (AvgIpc) is 1.63. The second-order valence-electron chi connectivity index (χ2n) is 30.5. The van der Waals surface area contributed by atoms with Crippen LogP contribution in [0.4, 0.5) is 0 Å². The molecule has 0 amide bonds. The van der Waals surface area contributed by atoms with Crippen molar-refractivity contribution in [1.82, 2.24) is 0 Å². The first-order valence-electron chi connectivity index (χ1n) is 29.6. The van der Waals surface area contributed by atoms with E-state index in [1.54, 1.807) is 0 Å². The number of rotatable bonds is 0. The number of hydrogen-bond acceptors (Lipinski definition) is 24. The fourth-order valence-electron chi connectivity index (χ4n) is 18.8. The van der Waals surface area contributed by atoms with Crippen LogP contribution in [0.5, 0.6) is 0 Å². The summed E-state index contributed by atoms with van der Waals surface area (Å²) in [6.07, 6.45) is 12.1. The number of nitrogens with zero attached hydrogens (tertiary/aromatic N) is 12. The Kier molecular flexibility index (Phi) is 27.9. The quantitative estimate of drug-likeness (QED) is 0.0612. The van der Waals surface area contributed by atoms with E-state index in [1.807, 2.05) is 0 Å². The van der Waals surface area contributed by atoms with Gasteiger partial charge in [-0.15, -0.1) is 0 Å². The Morgan fingerprint density at radius 2 is 0.311 bits per heavy atom. The zero-order chi connectivity index (χ0) is 63.4. The molecule has 0 heterocycles. The van der Waals surface area contributed by atoms with E-state index < -0.39 is 0 Å². The van der Waals surface area contributed by atoms with Crippen LogP contribution in [0, 0.1) is 100 Å². The Hall–Kier alpha value is -2.15. The molecule has 12 saturated carbocycles. The summed E-state index contributed by atoms with van der Waals surface area (Å²) in [7, 11) is 0. The molecule has 12 bridgehead atoms. The summed E-state index contributed by atoms with van der Waals surface area (Å²) in [6.45, 7) is 38.3. The predicted molar refractivity (Wildman–Crippen MR) is 318 cm³/mol. The summed E-state index contributed by atoms with van der Waals surface area (Å²) < 4.78 is 0. The Morgan fingerprint density at radius 3 is 0.378 bits per heavy atom. The molecule has 0 saturated heterocycles. The van der Waals surface area contributed by atoms with Gasteiger partial charge in [0.1, 0.15) is 68.5 Å². The van der Waals surface area contributed by atoms with Crippen LogP contribution < -0.4 is 0 Å². The minimum absolute atomic E-state index is 0. The summed E-state index contributed by atoms with van der Waals surface area (Å²) in [5.74, 6) is 1.35. The maximum Gasteiger partial charge on any atom is 0.111 e. The summed E-state index contributed by atoms with van der Waals surface area (Å²) in [6, 6.07) is 0. The van der Waals surface area contributed by atoms with Crippen molar-refractivity contribution in [3.05, 3.63) is 0 Å². The first-order chi connectivity index (χ1) is 38.9. The molecule has 24 nitrogen and oxygen atoms in total. The topological polar surface area (TPSA) is 391 Å². The van der Waals surface area contributed by atoms with Gasteiger partial charge in [-0.2, -0.15) is 0 Å². The molecule has 12 fully saturated rings. The van der Waals surface area contributed by atoms with Gasteiger partial charge in [-0.3, -0.25) is 0 Å². The summed E-state index contributed by atoms with van der Waals surface area (Å²) in [4.78, 5) is 0. The van der Waals surface area contributed by atoms with E-state index in [0.29, 0.717) is 68.5 Å². The summed E-state index contributed by atoms with van der Waals surface area (Å²) in [5.41, 5.74) is 6.15. The molecule has 12 N–H and O–H groups in total. The molecule has 3 radical (unpaired) electrons. The number of oxime groups is 12. The van der Waals surface area contributed by atoms with Gasteiger partial charge in [-0.05, 0) is 110 Å². The van der Waals surface area contributed by atoms with E-state index in [9.17, 15) is 0 Å². The Balaban J connectivity index is 0.000000533. The molecule has 90 heavy (non-hydrogen) atoms. The average molecular weight is 1820 g/mol. The van der Waals surface area contributed by atoms with Gasteiger partial charge >= 0.3 is 0 Å². The Labute approximate surface area is 617 Å². The second kappa shape index (κ2) is 29.3. The fourth-order valence-corrected chi connectivity index (χ4v) is 18.8. The number of hydrogen-bond donors (Lipinski definition) is 12. The SMILES string of the molecule is CC12CCC(C(=NO)C1=NO)C2(C)C.CC12CCC(C(=NO)C1=NO)C2(C)C.CC12CCC(C(=NO)C1=NO)C2(C)C.CC12CCC(C(=NO)C1=NO)C2(C)C.CC12CCC(C(=NO)C1=NO)C2(C)C.CC12CCC(C(=NO)C1=NO)C2(C)C.[Ag].[Ag].[Ag].[Pd].[Pd].[Pd]. The maximum atomic E-state index is 8.98. The second-order valence-corrected chi connectivity index (χ2v) is 30.5. The van der Waals surface area contributed by atoms with Crippen molar-refractivity contribution in [2.45, 2.75) is 202 Å². The van der Waals surface area contributed by atoms with Gasteiger partial charge in [-0.1, -0.05) is 186 Å². The monoisotopic (exact) mass is 1820 g/mol. The number of fused-ring (bicyclic) bond motifs is 12. The molecular weight excluding hydrogens is 1720 g/mol. The van der Waals surface area contributed by atoms with Gasteiger partial charge in [-0.25, -0.2) is 0 Å². The van der Waals surface area contributed by atoms with Crippen LogP contribution in [0.2, 0.25) is 0 Å². The third-order valence-electron chi connectivity index (χ3n) is 27.2. The molecular formula is C60H96Ag3N12O12Pd3. The van der Waals surface area contributed by atoms with Crippen LogP contribution in [0.25, 0.3) is 0 Å². The van der Waals surface area contributed by atoms with Crippen molar-refractivity contribution in [2.24, 2.45) is 162 Å². The first-order valence-corrected chi connectivity index (χ1v) is 29.6. The third kappa shape index (κ3) is 11.5. The molecule has 30 heteroatoms. The molecule has 0 aliphatic heterocycles. The standard InChI is InChI=1S/6C10H16N2O2.3Ag.3Pd/c6*1-9(2)6-4-5-10(9,3)8(12-14)7(6)11-13;;;;;;/h6*6,13-14H,4-5H2,1-3H3;;;;;;. The van der Waals surface area contributed by atoms with E-state index in [-0.39, 0.29) is 229 Å². The van der Waals surface area contributed by atoms with Crippen molar-refractivity contribution in [3.63, 3.8) is 0 Å². The van der Waals surface area contributed by atoms with Crippen LogP contribution in [0.3, 0.4) is 0 Å². The molecule has 0 aromatic heterocycles. The smallest absolute Gasteiger partial charge is 0.111 e. The largest absolute Gasteiger partial charge is 0.411 e.